The lowest BCUT2D eigenvalue weighted by atomic mass is 10.5. The van der Waals surface area contributed by atoms with E-state index >= 15 is 0 Å². The fourth-order valence-corrected chi connectivity index (χ4v) is 0.689. The minimum Gasteiger partial charge on any atom is -0.480 e. The summed E-state index contributed by atoms with van der Waals surface area (Å²) in [5, 5.41) is 13.0. The molecular weight excluding hydrogens is 204 g/mol. The Morgan fingerprint density at radius 2 is 1.93 bits per heavy atom. The van der Waals surface area contributed by atoms with Gasteiger partial charge >= 0.3 is 5.97 Å². The number of carboxylic acids is 1. The number of ether oxygens (including phenoxy) is 1. The molecule has 0 radical (unpaired) electrons. The molecule has 15 heavy (non-hydrogen) atoms. The Morgan fingerprint density at radius 3 is 2.47 bits per heavy atom. The lowest BCUT2D eigenvalue weighted by molar-refractivity contribution is -0.142. The first kappa shape index (κ1) is 13.4. The number of rotatable bonds is 7. The van der Waals surface area contributed by atoms with Gasteiger partial charge in [0.25, 0.3) is 0 Å². The predicted molar refractivity (Wildman–Crippen MR) is 50.1 cm³/mol. The highest BCUT2D eigenvalue weighted by molar-refractivity contribution is 5.83. The van der Waals surface area contributed by atoms with Crippen molar-refractivity contribution in [2.75, 3.05) is 26.3 Å². The SMILES string of the molecule is CC(=O)NCC(=O)NCCOCC(=O)O. The zero-order chi connectivity index (χ0) is 11.7. The zero-order valence-electron chi connectivity index (χ0n) is 8.41. The molecule has 0 aliphatic carbocycles. The lowest BCUT2D eigenvalue weighted by Gasteiger charge is -2.05. The Bertz CT molecular complexity index is 241. The van der Waals surface area contributed by atoms with Gasteiger partial charge in [0.05, 0.1) is 13.2 Å². The second-order valence-electron chi connectivity index (χ2n) is 2.71. The molecule has 0 aliphatic rings. The average molecular weight is 218 g/mol. The maximum absolute atomic E-state index is 10.9. The number of nitrogens with one attached hydrogen (secondary N) is 2. The van der Waals surface area contributed by atoms with Crippen LogP contribution in [-0.4, -0.2) is 49.2 Å². The van der Waals surface area contributed by atoms with Crippen LogP contribution in [0.15, 0.2) is 0 Å². The van der Waals surface area contributed by atoms with Crippen LogP contribution in [0, 0.1) is 0 Å². The van der Waals surface area contributed by atoms with E-state index in [1.807, 2.05) is 0 Å². The quantitative estimate of drug-likeness (QED) is 0.443. The van der Waals surface area contributed by atoms with Crippen molar-refractivity contribution >= 4 is 17.8 Å². The van der Waals surface area contributed by atoms with E-state index in [1.54, 1.807) is 0 Å². The van der Waals surface area contributed by atoms with Gasteiger partial charge in [0.1, 0.15) is 6.61 Å². The molecule has 0 rings (SSSR count). The van der Waals surface area contributed by atoms with Crippen LogP contribution in [0.3, 0.4) is 0 Å². The smallest absolute Gasteiger partial charge is 0.329 e. The van der Waals surface area contributed by atoms with Gasteiger partial charge in [-0.05, 0) is 0 Å². The third-order valence-corrected chi connectivity index (χ3v) is 1.29. The summed E-state index contributed by atoms with van der Waals surface area (Å²) >= 11 is 0. The third-order valence-electron chi connectivity index (χ3n) is 1.29. The van der Waals surface area contributed by atoms with Crippen LogP contribution in [0.2, 0.25) is 0 Å². The van der Waals surface area contributed by atoms with E-state index in [0.717, 1.165) is 0 Å². The predicted octanol–water partition coefficient (Wildman–Crippen LogP) is -1.66. The number of carboxylic acid groups (broad SMARTS) is 1. The van der Waals surface area contributed by atoms with E-state index in [9.17, 15) is 14.4 Å². The van der Waals surface area contributed by atoms with E-state index < -0.39 is 5.97 Å². The molecule has 0 aromatic carbocycles. The topological polar surface area (TPSA) is 105 Å². The highest BCUT2D eigenvalue weighted by Crippen LogP contribution is 1.73. The summed E-state index contributed by atoms with van der Waals surface area (Å²) < 4.78 is 4.67. The summed E-state index contributed by atoms with van der Waals surface area (Å²) in [4.78, 5) is 31.4. The number of hydrogen-bond donors (Lipinski definition) is 3. The van der Waals surface area contributed by atoms with Gasteiger partial charge in [-0.25, -0.2) is 4.79 Å². The Labute approximate surface area is 86.8 Å². The fourth-order valence-electron chi connectivity index (χ4n) is 0.689. The zero-order valence-corrected chi connectivity index (χ0v) is 8.41. The third kappa shape index (κ3) is 10.3. The summed E-state index contributed by atoms with van der Waals surface area (Å²) in [5.74, 6) is -1.68. The van der Waals surface area contributed by atoms with Crippen LogP contribution in [0.5, 0.6) is 0 Å². The van der Waals surface area contributed by atoms with E-state index in [1.165, 1.54) is 6.92 Å². The first-order chi connectivity index (χ1) is 7.02. The Balaban J connectivity index is 3.31. The summed E-state index contributed by atoms with van der Waals surface area (Å²) in [6, 6.07) is 0. The molecule has 0 aliphatic heterocycles. The minimum absolute atomic E-state index is 0.0890. The largest absolute Gasteiger partial charge is 0.480 e. The van der Waals surface area contributed by atoms with Crippen molar-refractivity contribution in [3.05, 3.63) is 0 Å². The van der Waals surface area contributed by atoms with Gasteiger partial charge < -0.3 is 20.5 Å². The van der Waals surface area contributed by atoms with Gasteiger partial charge in [0, 0.05) is 13.5 Å². The van der Waals surface area contributed by atoms with Crippen molar-refractivity contribution in [2.24, 2.45) is 0 Å². The molecule has 0 aromatic rings. The second-order valence-corrected chi connectivity index (χ2v) is 2.71. The monoisotopic (exact) mass is 218 g/mol. The molecule has 0 bridgehead atoms. The van der Waals surface area contributed by atoms with Gasteiger partial charge in [-0.1, -0.05) is 0 Å². The van der Waals surface area contributed by atoms with Crippen LogP contribution >= 0.6 is 0 Å². The Morgan fingerprint density at radius 1 is 1.27 bits per heavy atom. The molecule has 86 valence electrons. The van der Waals surface area contributed by atoms with Crippen molar-refractivity contribution in [3.8, 4) is 0 Å². The first-order valence-corrected chi connectivity index (χ1v) is 4.33. The number of aliphatic carboxylic acids is 1. The summed E-state index contributed by atoms with van der Waals surface area (Å²) in [5.41, 5.74) is 0. The average Bonchev–Trinajstić information content (AvgIpc) is 2.13. The van der Waals surface area contributed by atoms with Crippen molar-refractivity contribution in [1.29, 1.82) is 0 Å². The molecule has 0 saturated carbocycles. The molecule has 3 N–H and O–H groups in total. The number of carbonyl (C=O) groups is 3. The Hall–Kier alpha value is -1.63. The molecule has 0 atom stereocenters. The fraction of sp³-hybridized carbons (Fsp3) is 0.625. The molecule has 0 aromatic heterocycles. The van der Waals surface area contributed by atoms with E-state index in [2.05, 4.69) is 15.4 Å². The lowest BCUT2D eigenvalue weighted by Crippen LogP contribution is -2.37. The van der Waals surface area contributed by atoms with Crippen molar-refractivity contribution in [1.82, 2.24) is 10.6 Å². The molecule has 0 fully saturated rings. The molecule has 2 amide bonds. The van der Waals surface area contributed by atoms with Gasteiger partial charge in [-0.15, -0.1) is 0 Å². The molecule has 7 nitrogen and oxygen atoms in total. The highest BCUT2D eigenvalue weighted by atomic mass is 16.5. The van der Waals surface area contributed by atoms with Gasteiger partial charge in [0.15, 0.2) is 0 Å². The molecule has 0 saturated heterocycles. The van der Waals surface area contributed by atoms with Crippen LogP contribution in [0.25, 0.3) is 0 Å². The molecule has 0 spiro atoms. The van der Waals surface area contributed by atoms with E-state index in [0.29, 0.717) is 0 Å². The van der Waals surface area contributed by atoms with Crippen LogP contribution in [-0.2, 0) is 19.1 Å². The van der Waals surface area contributed by atoms with Gasteiger partial charge in [-0.2, -0.15) is 0 Å². The Kier molecular flexibility index (Phi) is 6.90. The number of amides is 2. The normalized spacial score (nSPS) is 9.40. The standard InChI is InChI=1S/C8H14N2O5/c1-6(11)10-4-7(12)9-2-3-15-5-8(13)14/h2-5H2,1H3,(H,9,12)(H,10,11)(H,13,14). The summed E-state index contributed by atoms with van der Waals surface area (Å²) in [6.45, 7) is 1.17. The number of hydrogen-bond acceptors (Lipinski definition) is 4. The van der Waals surface area contributed by atoms with E-state index in [4.69, 9.17) is 5.11 Å². The maximum atomic E-state index is 10.9. The maximum Gasteiger partial charge on any atom is 0.329 e. The second kappa shape index (κ2) is 7.74. The minimum atomic E-state index is -1.06. The molecule has 0 unspecified atom stereocenters. The number of carbonyl (C=O) groups excluding carboxylic acids is 2. The molecule has 0 heterocycles. The van der Waals surface area contributed by atoms with Crippen molar-refractivity contribution < 1.29 is 24.2 Å². The van der Waals surface area contributed by atoms with Crippen molar-refractivity contribution in [2.45, 2.75) is 6.92 Å². The molecular formula is C8H14N2O5. The van der Waals surface area contributed by atoms with Crippen molar-refractivity contribution in [3.63, 3.8) is 0 Å². The first-order valence-electron chi connectivity index (χ1n) is 4.33. The summed E-state index contributed by atoms with van der Waals surface area (Å²) in [7, 11) is 0. The van der Waals surface area contributed by atoms with Gasteiger partial charge in [0.2, 0.25) is 11.8 Å². The van der Waals surface area contributed by atoms with Crippen LogP contribution in [0.4, 0.5) is 0 Å². The van der Waals surface area contributed by atoms with Crippen LogP contribution in [0.1, 0.15) is 6.92 Å². The van der Waals surface area contributed by atoms with E-state index in [-0.39, 0.29) is 38.1 Å². The highest BCUT2D eigenvalue weighted by Gasteiger charge is 2.01. The molecule has 7 heteroatoms. The van der Waals surface area contributed by atoms with Crippen LogP contribution < -0.4 is 10.6 Å². The summed E-state index contributed by atoms with van der Waals surface area (Å²) in [6.07, 6.45) is 0. The van der Waals surface area contributed by atoms with Gasteiger partial charge in [-0.3, -0.25) is 9.59 Å².